The van der Waals surface area contributed by atoms with Crippen LogP contribution in [0.5, 0.6) is 0 Å². The van der Waals surface area contributed by atoms with Gasteiger partial charge in [0.1, 0.15) is 0 Å². The van der Waals surface area contributed by atoms with Crippen LogP contribution >= 0.6 is 0 Å². The molecule has 11 heteroatoms. The number of likely N-dealkylation sites (tertiary alicyclic amines) is 1. The van der Waals surface area contributed by atoms with Gasteiger partial charge in [-0.1, -0.05) is 42.5 Å². The molecular formula is C21H27N9O2. The van der Waals surface area contributed by atoms with Gasteiger partial charge in [0.15, 0.2) is 5.69 Å². The van der Waals surface area contributed by atoms with E-state index in [0.717, 1.165) is 32.4 Å². The van der Waals surface area contributed by atoms with E-state index in [9.17, 15) is 4.79 Å². The number of nitrogens with two attached hydrogens (primary N) is 1. The summed E-state index contributed by atoms with van der Waals surface area (Å²) in [5, 5.41) is 19.6. The molecule has 1 aliphatic heterocycles. The molecule has 0 bridgehead atoms. The second kappa shape index (κ2) is 10.1. The van der Waals surface area contributed by atoms with E-state index in [0.29, 0.717) is 24.6 Å². The molecule has 3 heterocycles. The van der Waals surface area contributed by atoms with Crippen LogP contribution in [0.15, 0.2) is 40.1 Å². The van der Waals surface area contributed by atoms with Crippen molar-refractivity contribution in [3.8, 4) is 5.82 Å². The molecule has 1 amide bonds. The van der Waals surface area contributed by atoms with E-state index in [4.69, 9.17) is 10.4 Å². The number of nitrogens with zero attached hydrogens (tertiary/aromatic N) is 7. The molecule has 0 atom stereocenters. The minimum atomic E-state index is -0.442. The first-order valence-corrected chi connectivity index (χ1v) is 10.7. The van der Waals surface area contributed by atoms with Crippen LogP contribution in [0.25, 0.3) is 5.82 Å². The molecule has 1 aliphatic rings. The number of anilines is 1. The van der Waals surface area contributed by atoms with E-state index in [1.54, 1.807) is 6.21 Å². The van der Waals surface area contributed by atoms with Crippen molar-refractivity contribution in [2.24, 2.45) is 11.0 Å². The predicted octanol–water partition coefficient (Wildman–Crippen LogP) is 1.81. The Morgan fingerprint density at radius 2 is 2.06 bits per heavy atom. The summed E-state index contributed by atoms with van der Waals surface area (Å²) < 4.78 is 6.12. The van der Waals surface area contributed by atoms with E-state index in [1.807, 2.05) is 18.2 Å². The summed E-state index contributed by atoms with van der Waals surface area (Å²) in [6.07, 6.45) is 5.43. The monoisotopic (exact) mass is 437 g/mol. The van der Waals surface area contributed by atoms with Crippen molar-refractivity contribution in [3.05, 3.63) is 47.3 Å². The standard InChI is InChI=1S/C21H27N9O2/c1-15-9-12-29(13-10-15)14-17-18(24-28-30(17)20-19(22)26-32-27-20)21(31)25-23-11-5-8-16-6-3-2-4-7-16/h2-4,6-7,11,15H,5,8-10,12-14H2,1H3,(H2,22,26)(H,25,31)/b23-11-. The number of nitrogen functional groups attached to an aromatic ring is 1. The molecule has 11 nitrogen and oxygen atoms in total. The largest absolute Gasteiger partial charge is 0.378 e. The summed E-state index contributed by atoms with van der Waals surface area (Å²) >= 11 is 0. The van der Waals surface area contributed by atoms with E-state index >= 15 is 0 Å². The van der Waals surface area contributed by atoms with Crippen LogP contribution in [0.1, 0.15) is 47.9 Å². The number of carbonyl (C=O) groups excluding carboxylic acids is 1. The predicted molar refractivity (Wildman–Crippen MR) is 118 cm³/mol. The fourth-order valence-corrected chi connectivity index (χ4v) is 3.66. The number of hydrazone groups is 1. The maximum absolute atomic E-state index is 12.8. The average Bonchev–Trinajstić information content (AvgIpc) is 3.41. The lowest BCUT2D eigenvalue weighted by molar-refractivity contribution is 0.0946. The van der Waals surface area contributed by atoms with Crippen LogP contribution in [0.3, 0.4) is 0 Å². The summed E-state index contributed by atoms with van der Waals surface area (Å²) in [5.41, 5.74) is 10.3. The Hall–Kier alpha value is -3.60. The van der Waals surface area contributed by atoms with Gasteiger partial charge in [-0.3, -0.25) is 9.69 Å². The molecule has 168 valence electrons. The number of aromatic nitrogens is 5. The molecule has 0 spiro atoms. The number of hydrogen-bond donors (Lipinski definition) is 2. The van der Waals surface area contributed by atoms with Gasteiger partial charge in [-0.25, -0.2) is 10.1 Å². The molecule has 0 aliphatic carbocycles. The zero-order valence-corrected chi connectivity index (χ0v) is 18.0. The lowest BCUT2D eigenvalue weighted by Crippen LogP contribution is -2.34. The SMILES string of the molecule is CC1CCN(Cc2c(C(=O)N/N=C\CCc3ccccc3)nnn2-c2nonc2N)CC1. The third-order valence-electron chi connectivity index (χ3n) is 5.59. The maximum Gasteiger partial charge on any atom is 0.293 e. The van der Waals surface area contributed by atoms with Gasteiger partial charge in [-0.05, 0) is 60.6 Å². The molecule has 3 aromatic rings. The smallest absolute Gasteiger partial charge is 0.293 e. The summed E-state index contributed by atoms with van der Waals surface area (Å²) in [6, 6.07) is 10.1. The number of rotatable bonds is 8. The van der Waals surface area contributed by atoms with Crippen molar-refractivity contribution < 1.29 is 9.42 Å². The Labute approximate surface area is 185 Å². The fourth-order valence-electron chi connectivity index (χ4n) is 3.66. The van der Waals surface area contributed by atoms with Crippen molar-refractivity contribution in [3.63, 3.8) is 0 Å². The zero-order valence-electron chi connectivity index (χ0n) is 18.0. The molecule has 1 saturated heterocycles. The number of carbonyl (C=O) groups is 1. The average molecular weight is 438 g/mol. The molecule has 4 rings (SSSR count). The fraction of sp³-hybridized carbons (Fsp3) is 0.429. The van der Waals surface area contributed by atoms with Crippen molar-refractivity contribution in [2.75, 3.05) is 18.8 Å². The number of hydrogen-bond acceptors (Lipinski definition) is 9. The summed E-state index contributed by atoms with van der Waals surface area (Å²) in [7, 11) is 0. The van der Waals surface area contributed by atoms with E-state index in [2.05, 4.69) is 55.1 Å². The Morgan fingerprint density at radius 1 is 1.28 bits per heavy atom. The quantitative estimate of drug-likeness (QED) is 0.402. The molecule has 32 heavy (non-hydrogen) atoms. The van der Waals surface area contributed by atoms with Crippen molar-refractivity contribution >= 4 is 17.9 Å². The molecule has 1 aromatic carbocycles. The summed E-state index contributed by atoms with van der Waals surface area (Å²) in [5.74, 6) is 0.540. The van der Waals surface area contributed by atoms with Crippen LogP contribution in [0, 0.1) is 5.92 Å². The highest BCUT2D eigenvalue weighted by Crippen LogP contribution is 2.21. The van der Waals surface area contributed by atoms with Crippen LogP contribution in [0.2, 0.25) is 0 Å². The van der Waals surface area contributed by atoms with Gasteiger partial charge in [0.05, 0.1) is 5.69 Å². The zero-order chi connectivity index (χ0) is 22.3. The van der Waals surface area contributed by atoms with Gasteiger partial charge in [0.2, 0.25) is 11.6 Å². The molecule has 1 fully saturated rings. The first-order valence-electron chi connectivity index (χ1n) is 10.7. The first kappa shape index (κ1) is 21.6. The maximum atomic E-state index is 12.8. The van der Waals surface area contributed by atoms with Crippen LogP contribution in [-0.2, 0) is 13.0 Å². The van der Waals surface area contributed by atoms with E-state index in [1.165, 1.54) is 10.2 Å². The minimum Gasteiger partial charge on any atom is -0.378 e. The number of piperidine rings is 1. The third kappa shape index (κ3) is 5.17. The topological polar surface area (TPSA) is 140 Å². The summed E-state index contributed by atoms with van der Waals surface area (Å²) in [6.45, 7) is 4.58. The number of aryl methyl sites for hydroxylation is 1. The molecule has 3 N–H and O–H groups in total. The van der Waals surface area contributed by atoms with E-state index in [-0.39, 0.29) is 17.3 Å². The minimum absolute atomic E-state index is 0.0781. The molecule has 0 radical (unpaired) electrons. The van der Waals surface area contributed by atoms with Gasteiger partial charge in [0.25, 0.3) is 5.91 Å². The van der Waals surface area contributed by atoms with Gasteiger partial charge in [-0.2, -0.15) is 9.78 Å². The number of benzene rings is 1. The molecule has 0 unspecified atom stereocenters. The molecule has 2 aromatic heterocycles. The highest BCUT2D eigenvalue weighted by atomic mass is 16.6. The molecular weight excluding hydrogens is 410 g/mol. The van der Waals surface area contributed by atoms with Crippen LogP contribution in [0.4, 0.5) is 5.82 Å². The first-order chi connectivity index (χ1) is 15.6. The number of amides is 1. The Kier molecular flexibility index (Phi) is 6.85. The van der Waals surface area contributed by atoms with Gasteiger partial charge in [0, 0.05) is 12.8 Å². The summed E-state index contributed by atoms with van der Waals surface area (Å²) in [4.78, 5) is 15.1. The van der Waals surface area contributed by atoms with Crippen LogP contribution < -0.4 is 11.2 Å². The Balaban J connectivity index is 1.45. The Morgan fingerprint density at radius 3 is 2.78 bits per heavy atom. The second-order valence-corrected chi connectivity index (χ2v) is 8.01. The lowest BCUT2D eigenvalue weighted by atomic mass is 9.99. The highest BCUT2D eigenvalue weighted by molar-refractivity contribution is 5.93. The van der Waals surface area contributed by atoms with Crippen LogP contribution in [-0.4, -0.2) is 55.4 Å². The normalized spacial score (nSPS) is 15.4. The van der Waals surface area contributed by atoms with Gasteiger partial charge in [-0.15, -0.1) is 5.10 Å². The van der Waals surface area contributed by atoms with Gasteiger partial charge >= 0.3 is 0 Å². The second-order valence-electron chi connectivity index (χ2n) is 8.01. The van der Waals surface area contributed by atoms with Crippen molar-refractivity contribution in [1.82, 2.24) is 35.6 Å². The lowest BCUT2D eigenvalue weighted by Gasteiger charge is -2.30. The van der Waals surface area contributed by atoms with Crippen molar-refractivity contribution in [2.45, 2.75) is 39.2 Å². The number of nitrogens with one attached hydrogen (secondary N) is 1. The van der Waals surface area contributed by atoms with E-state index < -0.39 is 5.91 Å². The van der Waals surface area contributed by atoms with Crippen molar-refractivity contribution in [1.29, 1.82) is 0 Å². The molecule has 0 saturated carbocycles. The highest BCUT2D eigenvalue weighted by Gasteiger charge is 2.26. The van der Waals surface area contributed by atoms with Gasteiger partial charge < -0.3 is 5.73 Å². The third-order valence-corrected chi connectivity index (χ3v) is 5.59. The Bertz CT molecular complexity index is 1050.